The van der Waals surface area contributed by atoms with Gasteiger partial charge in [0.2, 0.25) is 0 Å². The Kier molecular flexibility index (Phi) is 4.28. The maximum atomic E-state index is 5.22. The third kappa shape index (κ3) is 2.83. The average Bonchev–Trinajstić information content (AvgIpc) is 2.83. The number of aromatic nitrogens is 3. The smallest absolute Gasteiger partial charge is 0.160 e. The molecule has 0 bridgehead atoms. The molecule has 3 heterocycles. The lowest BCUT2D eigenvalue weighted by Gasteiger charge is -2.22. The molecular formula is C15H22N4O. The number of fused-ring (bicyclic) bond motifs is 1. The number of hydrogen-bond acceptors (Lipinski definition) is 4. The van der Waals surface area contributed by atoms with E-state index in [1.807, 2.05) is 18.3 Å². The SMILES string of the molecule is COCCn1c(CC2CCNCC2)nc2cccnc21. The summed E-state index contributed by atoms with van der Waals surface area (Å²) in [6.07, 6.45) is 5.35. The molecule has 1 N–H and O–H groups in total. The number of methoxy groups -OCH3 is 1. The second-order valence-electron chi connectivity index (χ2n) is 5.42. The molecule has 1 saturated heterocycles. The molecule has 108 valence electrons. The molecule has 1 aliphatic heterocycles. The van der Waals surface area contributed by atoms with E-state index in [0.717, 1.165) is 49.0 Å². The van der Waals surface area contributed by atoms with Gasteiger partial charge in [0.1, 0.15) is 11.3 Å². The fourth-order valence-corrected chi connectivity index (χ4v) is 2.92. The molecule has 2 aromatic rings. The summed E-state index contributed by atoms with van der Waals surface area (Å²) < 4.78 is 7.45. The molecular weight excluding hydrogens is 252 g/mol. The van der Waals surface area contributed by atoms with Crippen molar-refractivity contribution in [3.8, 4) is 0 Å². The first-order valence-electron chi connectivity index (χ1n) is 7.38. The zero-order valence-corrected chi connectivity index (χ0v) is 12.0. The van der Waals surface area contributed by atoms with Crippen LogP contribution >= 0.6 is 0 Å². The predicted octanol–water partition coefficient (Wildman–Crippen LogP) is 1.62. The first-order valence-corrected chi connectivity index (χ1v) is 7.38. The summed E-state index contributed by atoms with van der Waals surface area (Å²) >= 11 is 0. The van der Waals surface area contributed by atoms with Crippen LogP contribution in [0.4, 0.5) is 0 Å². The Balaban J connectivity index is 1.87. The summed E-state index contributed by atoms with van der Waals surface area (Å²) in [7, 11) is 1.74. The fourth-order valence-electron chi connectivity index (χ4n) is 2.92. The maximum absolute atomic E-state index is 5.22. The van der Waals surface area contributed by atoms with E-state index >= 15 is 0 Å². The van der Waals surface area contributed by atoms with Crippen molar-refractivity contribution >= 4 is 11.2 Å². The van der Waals surface area contributed by atoms with Crippen molar-refractivity contribution in [1.82, 2.24) is 19.9 Å². The molecule has 5 nitrogen and oxygen atoms in total. The minimum Gasteiger partial charge on any atom is -0.383 e. The lowest BCUT2D eigenvalue weighted by atomic mass is 9.94. The van der Waals surface area contributed by atoms with Gasteiger partial charge in [-0.25, -0.2) is 9.97 Å². The Labute approximate surface area is 119 Å². The number of ether oxygens (including phenoxy) is 1. The molecule has 0 unspecified atom stereocenters. The molecule has 0 amide bonds. The summed E-state index contributed by atoms with van der Waals surface area (Å²) in [5, 5.41) is 3.42. The van der Waals surface area contributed by atoms with Crippen LogP contribution in [0.25, 0.3) is 11.2 Å². The van der Waals surface area contributed by atoms with Crippen molar-refractivity contribution < 1.29 is 4.74 Å². The van der Waals surface area contributed by atoms with Crippen LogP contribution < -0.4 is 5.32 Å². The van der Waals surface area contributed by atoms with E-state index in [1.54, 1.807) is 7.11 Å². The normalized spacial score (nSPS) is 16.9. The van der Waals surface area contributed by atoms with Crippen LogP contribution in [0.1, 0.15) is 18.7 Å². The third-order valence-corrected chi connectivity index (χ3v) is 4.03. The second kappa shape index (κ2) is 6.33. The molecule has 0 radical (unpaired) electrons. The van der Waals surface area contributed by atoms with Crippen LogP contribution in [-0.2, 0) is 17.7 Å². The fraction of sp³-hybridized carbons (Fsp3) is 0.600. The minimum absolute atomic E-state index is 0.696. The summed E-state index contributed by atoms with van der Waals surface area (Å²) in [6.45, 7) is 3.77. The van der Waals surface area contributed by atoms with Crippen LogP contribution in [0, 0.1) is 5.92 Å². The topological polar surface area (TPSA) is 52.0 Å². The van der Waals surface area contributed by atoms with Gasteiger partial charge in [-0.1, -0.05) is 0 Å². The molecule has 1 aliphatic rings. The Morgan fingerprint density at radius 1 is 1.40 bits per heavy atom. The van der Waals surface area contributed by atoms with Gasteiger partial charge in [0.25, 0.3) is 0 Å². The van der Waals surface area contributed by atoms with Gasteiger partial charge < -0.3 is 14.6 Å². The van der Waals surface area contributed by atoms with Gasteiger partial charge >= 0.3 is 0 Å². The number of nitrogens with one attached hydrogen (secondary N) is 1. The van der Waals surface area contributed by atoms with E-state index in [1.165, 1.54) is 12.8 Å². The lowest BCUT2D eigenvalue weighted by Crippen LogP contribution is -2.29. The van der Waals surface area contributed by atoms with Gasteiger partial charge in [-0.15, -0.1) is 0 Å². The number of pyridine rings is 1. The first kappa shape index (κ1) is 13.5. The van der Waals surface area contributed by atoms with E-state index in [0.29, 0.717) is 6.61 Å². The molecule has 0 aliphatic carbocycles. The highest BCUT2D eigenvalue weighted by Gasteiger charge is 2.18. The highest BCUT2D eigenvalue weighted by Crippen LogP contribution is 2.21. The monoisotopic (exact) mass is 274 g/mol. The Morgan fingerprint density at radius 3 is 3.05 bits per heavy atom. The summed E-state index contributed by atoms with van der Waals surface area (Å²) in [6, 6.07) is 3.99. The summed E-state index contributed by atoms with van der Waals surface area (Å²) in [5.41, 5.74) is 1.97. The number of imidazole rings is 1. The number of rotatable bonds is 5. The van der Waals surface area contributed by atoms with Crippen LogP contribution in [-0.4, -0.2) is 41.3 Å². The zero-order chi connectivity index (χ0) is 13.8. The molecule has 0 spiro atoms. The average molecular weight is 274 g/mol. The number of piperidine rings is 1. The van der Waals surface area contributed by atoms with E-state index in [9.17, 15) is 0 Å². The van der Waals surface area contributed by atoms with E-state index < -0.39 is 0 Å². The van der Waals surface area contributed by atoms with Gasteiger partial charge in [0.05, 0.1) is 6.61 Å². The van der Waals surface area contributed by atoms with Crippen molar-refractivity contribution in [1.29, 1.82) is 0 Å². The first-order chi connectivity index (χ1) is 9.88. The predicted molar refractivity (Wildman–Crippen MR) is 78.7 cm³/mol. The Morgan fingerprint density at radius 2 is 2.25 bits per heavy atom. The van der Waals surface area contributed by atoms with Crippen molar-refractivity contribution in [2.24, 2.45) is 5.92 Å². The zero-order valence-electron chi connectivity index (χ0n) is 12.0. The summed E-state index contributed by atoms with van der Waals surface area (Å²) in [4.78, 5) is 9.26. The van der Waals surface area contributed by atoms with E-state index in [2.05, 4.69) is 14.9 Å². The van der Waals surface area contributed by atoms with E-state index in [4.69, 9.17) is 9.72 Å². The molecule has 3 rings (SSSR count). The second-order valence-corrected chi connectivity index (χ2v) is 5.42. The molecule has 0 aromatic carbocycles. The van der Waals surface area contributed by atoms with Gasteiger partial charge in [0.15, 0.2) is 5.65 Å². The van der Waals surface area contributed by atoms with Gasteiger partial charge in [-0.3, -0.25) is 0 Å². The van der Waals surface area contributed by atoms with Crippen molar-refractivity contribution in [3.63, 3.8) is 0 Å². The van der Waals surface area contributed by atoms with Crippen molar-refractivity contribution in [2.75, 3.05) is 26.8 Å². The molecule has 20 heavy (non-hydrogen) atoms. The molecule has 2 aromatic heterocycles. The number of hydrogen-bond donors (Lipinski definition) is 1. The standard InChI is InChI=1S/C15H22N4O/c1-20-10-9-19-14(11-12-4-7-16-8-5-12)18-13-3-2-6-17-15(13)19/h2-3,6,12,16H,4-5,7-11H2,1H3. The van der Waals surface area contributed by atoms with Gasteiger partial charge in [0, 0.05) is 26.3 Å². The highest BCUT2D eigenvalue weighted by atomic mass is 16.5. The maximum Gasteiger partial charge on any atom is 0.160 e. The summed E-state index contributed by atoms with van der Waals surface area (Å²) in [5.74, 6) is 1.89. The number of nitrogens with zero attached hydrogens (tertiary/aromatic N) is 3. The molecule has 1 fully saturated rings. The minimum atomic E-state index is 0.696. The van der Waals surface area contributed by atoms with Crippen LogP contribution in [0.2, 0.25) is 0 Å². The van der Waals surface area contributed by atoms with Crippen LogP contribution in [0.15, 0.2) is 18.3 Å². The molecule has 0 atom stereocenters. The highest BCUT2D eigenvalue weighted by molar-refractivity contribution is 5.71. The Hall–Kier alpha value is -1.46. The molecule has 5 heteroatoms. The largest absolute Gasteiger partial charge is 0.383 e. The van der Waals surface area contributed by atoms with Gasteiger partial charge in [-0.2, -0.15) is 0 Å². The van der Waals surface area contributed by atoms with E-state index in [-0.39, 0.29) is 0 Å². The van der Waals surface area contributed by atoms with Crippen molar-refractivity contribution in [2.45, 2.75) is 25.8 Å². The van der Waals surface area contributed by atoms with Crippen LogP contribution in [0.5, 0.6) is 0 Å². The quantitative estimate of drug-likeness (QED) is 0.900. The third-order valence-electron chi connectivity index (χ3n) is 4.03. The van der Waals surface area contributed by atoms with Crippen LogP contribution in [0.3, 0.4) is 0 Å². The van der Waals surface area contributed by atoms with Gasteiger partial charge in [-0.05, 0) is 44.0 Å². The molecule has 0 saturated carbocycles. The van der Waals surface area contributed by atoms with Crippen molar-refractivity contribution in [3.05, 3.63) is 24.2 Å². The lowest BCUT2D eigenvalue weighted by molar-refractivity contribution is 0.186. The Bertz CT molecular complexity index is 560.